The van der Waals surface area contributed by atoms with Gasteiger partial charge in [0, 0.05) is 17.6 Å². The molecular formula is C22H29NO. The van der Waals surface area contributed by atoms with Crippen molar-refractivity contribution in [2.24, 2.45) is 0 Å². The average molecular weight is 323 g/mol. The van der Waals surface area contributed by atoms with Crippen LogP contribution in [-0.2, 0) is 12.0 Å². The molecule has 0 bridgehead atoms. The van der Waals surface area contributed by atoms with Crippen LogP contribution in [-0.4, -0.2) is 16.3 Å². The third-order valence-electron chi connectivity index (χ3n) is 4.24. The Morgan fingerprint density at radius 2 is 1.38 bits per heavy atom. The van der Waals surface area contributed by atoms with Gasteiger partial charge in [0.15, 0.2) is 0 Å². The molecular weight excluding hydrogens is 294 g/mol. The zero-order valence-corrected chi connectivity index (χ0v) is 15.8. The predicted octanol–water partition coefficient (Wildman–Crippen LogP) is 5.43. The van der Waals surface area contributed by atoms with Crippen LogP contribution in [0.3, 0.4) is 0 Å². The molecule has 0 saturated heterocycles. The van der Waals surface area contributed by atoms with Crippen LogP contribution in [0.1, 0.15) is 63.0 Å². The van der Waals surface area contributed by atoms with Crippen LogP contribution < -0.4 is 0 Å². The molecule has 24 heavy (non-hydrogen) atoms. The first kappa shape index (κ1) is 18.3. The molecule has 0 fully saturated rings. The van der Waals surface area contributed by atoms with Crippen LogP contribution >= 0.6 is 0 Å². The first-order valence-corrected chi connectivity index (χ1v) is 8.55. The Hall–Kier alpha value is -2.09. The van der Waals surface area contributed by atoms with Gasteiger partial charge in [0.05, 0.1) is 0 Å². The van der Waals surface area contributed by atoms with Gasteiger partial charge in [-0.25, -0.2) is 0 Å². The molecule has 0 aliphatic heterocycles. The van der Waals surface area contributed by atoms with Gasteiger partial charge in [-0.05, 0) is 49.4 Å². The van der Waals surface area contributed by atoms with Gasteiger partial charge in [-0.1, -0.05) is 63.2 Å². The summed E-state index contributed by atoms with van der Waals surface area (Å²) < 4.78 is 0. The summed E-state index contributed by atoms with van der Waals surface area (Å²) >= 11 is 0. The maximum absolute atomic E-state index is 13.1. The zero-order valence-electron chi connectivity index (χ0n) is 15.8. The minimum Gasteiger partial charge on any atom is -0.329 e. The number of rotatable bonds is 3. The highest BCUT2D eigenvalue weighted by Crippen LogP contribution is 2.24. The van der Waals surface area contributed by atoms with Crippen LogP contribution in [0.5, 0.6) is 0 Å². The summed E-state index contributed by atoms with van der Waals surface area (Å²) in [5, 5.41) is 0. The molecule has 0 aliphatic carbocycles. The van der Waals surface area contributed by atoms with E-state index < -0.39 is 0 Å². The summed E-state index contributed by atoms with van der Waals surface area (Å²) in [5.41, 5.74) is 2.98. The Morgan fingerprint density at radius 3 is 1.83 bits per heavy atom. The van der Waals surface area contributed by atoms with Crippen molar-refractivity contribution in [2.45, 2.75) is 59.0 Å². The second kappa shape index (κ2) is 6.80. The summed E-state index contributed by atoms with van der Waals surface area (Å²) in [4.78, 5) is 15.0. The Balaban J connectivity index is 2.28. The quantitative estimate of drug-likeness (QED) is 0.738. The Morgan fingerprint density at radius 1 is 0.833 bits per heavy atom. The highest BCUT2D eigenvalue weighted by molar-refractivity contribution is 5.94. The number of hydrogen-bond donors (Lipinski definition) is 0. The number of benzene rings is 2. The monoisotopic (exact) mass is 323 g/mol. The van der Waals surface area contributed by atoms with Gasteiger partial charge in [-0.2, -0.15) is 0 Å². The standard InChI is InChI=1S/C22H29NO/c1-21(2,3)19-14-12-18(13-15-19)20(24)23(22(4,5)6)16-17-10-8-7-9-11-17/h7-15H,16H2,1-6H3. The Labute approximate surface area is 146 Å². The van der Waals surface area contributed by atoms with Gasteiger partial charge in [0.2, 0.25) is 0 Å². The third-order valence-corrected chi connectivity index (χ3v) is 4.24. The van der Waals surface area contributed by atoms with E-state index in [1.54, 1.807) is 0 Å². The molecule has 2 aromatic rings. The average Bonchev–Trinajstić information content (AvgIpc) is 2.51. The van der Waals surface area contributed by atoms with E-state index >= 15 is 0 Å². The van der Waals surface area contributed by atoms with Crippen LogP contribution in [0.4, 0.5) is 0 Å². The van der Waals surface area contributed by atoms with Gasteiger partial charge in [-0.3, -0.25) is 4.79 Å². The van der Waals surface area contributed by atoms with Gasteiger partial charge < -0.3 is 4.90 Å². The largest absolute Gasteiger partial charge is 0.329 e. The first-order valence-electron chi connectivity index (χ1n) is 8.55. The fraction of sp³-hybridized carbons (Fsp3) is 0.409. The summed E-state index contributed by atoms with van der Waals surface area (Å²) in [6, 6.07) is 18.2. The Bertz CT molecular complexity index is 673. The maximum Gasteiger partial charge on any atom is 0.254 e. The van der Waals surface area contributed by atoms with Crippen LogP contribution in [0.15, 0.2) is 54.6 Å². The molecule has 128 valence electrons. The summed E-state index contributed by atoms with van der Waals surface area (Å²) in [7, 11) is 0. The third kappa shape index (κ3) is 4.47. The molecule has 0 atom stereocenters. The minimum atomic E-state index is -0.240. The Kier molecular flexibility index (Phi) is 5.17. The number of nitrogens with zero attached hydrogens (tertiary/aromatic N) is 1. The molecule has 0 heterocycles. The lowest BCUT2D eigenvalue weighted by atomic mass is 9.86. The van der Waals surface area contributed by atoms with Gasteiger partial charge in [0.1, 0.15) is 0 Å². The zero-order chi connectivity index (χ0) is 18.0. The van der Waals surface area contributed by atoms with Gasteiger partial charge in [0.25, 0.3) is 5.91 Å². The van der Waals surface area contributed by atoms with Crippen LogP contribution in [0.25, 0.3) is 0 Å². The first-order chi connectivity index (χ1) is 11.1. The van der Waals surface area contributed by atoms with Gasteiger partial charge in [-0.15, -0.1) is 0 Å². The smallest absolute Gasteiger partial charge is 0.254 e. The fourth-order valence-electron chi connectivity index (χ4n) is 2.65. The number of amides is 1. The van der Waals surface area contributed by atoms with Crippen LogP contribution in [0, 0.1) is 0 Å². The van der Waals surface area contributed by atoms with E-state index in [2.05, 4.69) is 65.8 Å². The number of carbonyl (C=O) groups excluding carboxylic acids is 1. The lowest BCUT2D eigenvalue weighted by molar-refractivity contribution is 0.0559. The molecule has 2 heteroatoms. The van der Waals surface area contributed by atoms with E-state index in [4.69, 9.17) is 0 Å². The van der Waals surface area contributed by atoms with Crippen molar-refractivity contribution in [3.8, 4) is 0 Å². The maximum atomic E-state index is 13.1. The highest BCUT2D eigenvalue weighted by atomic mass is 16.2. The molecule has 0 saturated carbocycles. The second-order valence-corrected chi connectivity index (χ2v) is 8.38. The summed E-state index contributed by atoms with van der Waals surface area (Å²) in [6.45, 7) is 13.4. The van der Waals surface area contributed by atoms with Crippen molar-refractivity contribution in [3.05, 3.63) is 71.3 Å². The van der Waals surface area contributed by atoms with E-state index in [1.165, 1.54) is 5.56 Å². The lowest BCUT2D eigenvalue weighted by Gasteiger charge is -2.36. The van der Waals surface area contributed by atoms with Crippen molar-refractivity contribution in [3.63, 3.8) is 0 Å². The number of hydrogen-bond acceptors (Lipinski definition) is 1. The molecule has 1 amide bonds. The minimum absolute atomic E-state index is 0.0758. The van der Waals surface area contributed by atoms with E-state index in [0.717, 1.165) is 11.1 Å². The fourth-order valence-corrected chi connectivity index (χ4v) is 2.65. The number of carbonyl (C=O) groups is 1. The molecule has 2 rings (SSSR count). The molecule has 0 radical (unpaired) electrons. The van der Waals surface area contributed by atoms with Crippen LogP contribution in [0.2, 0.25) is 0 Å². The van der Waals surface area contributed by atoms with E-state index in [1.807, 2.05) is 35.2 Å². The van der Waals surface area contributed by atoms with Crippen molar-refractivity contribution < 1.29 is 4.79 Å². The van der Waals surface area contributed by atoms with Crippen molar-refractivity contribution in [1.82, 2.24) is 4.90 Å². The highest BCUT2D eigenvalue weighted by Gasteiger charge is 2.27. The molecule has 0 aromatic heterocycles. The van der Waals surface area contributed by atoms with Crippen molar-refractivity contribution >= 4 is 5.91 Å². The summed E-state index contributed by atoms with van der Waals surface area (Å²) in [6.07, 6.45) is 0. The molecule has 0 spiro atoms. The molecule has 0 aliphatic rings. The topological polar surface area (TPSA) is 20.3 Å². The second-order valence-electron chi connectivity index (χ2n) is 8.38. The normalized spacial score (nSPS) is 12.1. The SMILES string of the molecule is CC(C)(C)c1ccc(C(=O)N(Cc2ccccc2)C(C)(C)C)cc1. The van der Waals surface area contributed by atoms with E-state index in [0.29, 0.717) is 6.54 Å². The predicted molar refractivity (Wildman–Crippen MR) is 101 cm³/mol. The van der Waals surface area contributed by atoms with E-state index in [9.17, 15) is 4.79 Å². The van der Waals surface area contributed by atoms with Crippen molar-refractivity contribution in [1.29, 1.82) is 0 Å². The van der Waals surface area contributed by atoms with Crippen molar-refractivity contribution in [2.75, 3.05) is 0 Å². The summed E-state index contributed by atoms with van der Waals surface area (Å²) in [5.74, 6) is 0.0758. The molecule has 0 N–H and O–H groups in total. The molecule has 0 unspecified atom stereocenters. The molecule has 2 aromatic carbocycles. The molecule has 2 nitrogen and oxygen atoms in total. The van der Waals surface area contributed by atoms with E-state index in [-0.39, 0.29) is 16.9 Å². The van der Waals surface area contributed by atoms with Gasteiger partial charge >= 0.3 is 0 Å². The lowest BCUT2D eigenvalue weighted by Crippen LogP contribution is -2.45.